The van der Waals surface area contributed by atoms with E-state index in [1.54, 1.807) is 0 Å². The summed E-state index contributed by atoms with van der Waals surface area (Å²) in [6.07, 6.45) is 0. The third kappa shape index (κ3) is 3.84. The minimum atomic E-state index is 0.589. The van der Waals surface area contributed by atoms with Crippen LogP contribution in [0.3, 0.4) is 0 Å². The molecule has 0 aliphatic rings. The van der Waals surface area contributed by atoms with Crippen LogP contribution >= 0.6 is 11.8 Å². The Morgan fingerprint density at radius 2 is 1.88 bits per heavy atom. The molecule has 1 aromatic carbocycles. The highest BCUT2D eigenvalue weighted by Gasteiger charge is 2.10. The Bertz CT molecular complexity index is 334. The average molecular weight is 237 g/mol. The van der Waals surface area contributed by atoms with Gasteiger partial charge in [0, 0.05) is 16.7 Å². The van der Waals surface area contributed by atoms with Crippen molar-refractivity contribution in [3.63, 3.8) is 0 Å². The van der Waals surface area contributed by atoms with E-state index in [1.165, 1.54) is 16.0 Å². The molecule has 2 heteroatoms. The molecule has 1 atom stereocenters. The normalized spacial score (nSPS) is 13.1. The third-order valence-electron chi connectivity index (χ3n) is 3.08. The lowest BCUT2D eigenvalue weighted by atomic mass is 10.1. The fourth-order valence-electron chi connectivity index (χ4n) is 1.60. The van der Waals surface area contributed by atoms with Crippen LogP contribution < -0.4 is 5.32 Å². The van der Waals surface area contributed by atoms with Gasteiger partial charge in [0.15, 0.2) is 0 Å². The molecule has 0 amide bonds. The van der Waals surface area contributed by atoms with Gasteiger partial charge in [0.25, 0.3) is 0 Å². The van der Waals surface area contributed by atoms with Crippen LogP contribution in [0.2, 0.25) is 0 Å². The van der Waals surface area contributed by atoms with Gasteiger partial charge in [0.05, 0.1) is 0 Å². The SMILES string of the molecule is CNC(CSc1ccc(C)c(C)c1)C(C)C. The summed E-state index contributed by atoms with van der Waals surface area (Å²) in [4.78, 5) is 1.38. The Morgan fingerprint density at radius 3 is 2.38 bits per heavy atom. The Labute approximate surface area is 104 Å². The summed E-state index contributed by atoms with van der Waals surface area (Å²) in [6, 6.07) is 7.31. The summed E-state index contributed by atoms with van der Waals surface area (Å²) in [5, 5.41) is 3.38. The molecule has 1 rings (SSSR count). The molecule has 0 heterocycles. The van der Waals surface area contributed by atoms with E-state index in [1.807, 2.05) is 18.8 Å². The molecule has 1 unspecified atom stereocenters. The van der Waals surface area contributed by atoms with Crippen LogP contribution in [-0.4, -0.2) is 18.8 Å². The average Bonchev–Trinajstić information content (AvgIpc) is 2.23. The lowest BCUT2D eigenvalue weighted by Crippen LogP contribution is -2.32. The summed E-state index contributed by atoms with van der Waals surface area (Å²) in [6.45, 7) is 8.87. The minimum absolute atomic E-state index is 0.589. The first kappa shape index (κ1) is 13.6. The molecule has 0 radical (unpaired) electrons. The Hall–Kier alpha value is -0.470. The molecule has 0 aliphatic carbocycles. The van der Waals surface area contributed by atoms with E-state index in [0.29, 0.717) is 12.0 Å². The molecule has 0 bridgehead atoms. The highest BCUT2D eigenvalue weighted by molar-refractivity contribution is 7.99. The Morgan fingerprint density at radius 1 is 1.19 bits per heavy atom. The molecule has 0 fully saturated rings. The van der Waals surface area contributed by atoms with Crippen molar-refractivity contribution >= 4 is 11.8 Å². The molecule has 0 saturated heterocycles. The third-order valence-corrected chi connectivity index (χ3v) is 4.20. The van der Waals surface area contributed by atoms with Gasteiger partial charge in [-0.3, -0.25) is 0 Å². The number of hydrogen-bond donors (Lipinski definition) is 1. The molecule has 0 saturated carbocycles. The van der Waals surface area contributed by atoms with Crippen LogP contribution in [0.1, 0.15) is 25.0 Å². The predicted octanol–water partition coefficient (Wildman–Crippen LogP) is 3.64. The van der Waals surface area contributed by atoms with E-state index < -0.39 is 0 Å². The second-order valence-electron chi connectivity index (χ2n) is 4.70. The molecule has 0 spiro atoms. The summed E-state index contributed by atoms with van der Waals surface area (Å²) in [5.41, 5.74) is 2.76. The summed E-state index contributed by atoms with van der Waals surface area (Å²) in [5.74, 6) is 1.82. The highest BCUT2D eigenvalue weighted by atomic mass is 32.2. The van der Waals surface area contributed by atoms with Crippen LogP contribution in [-0.2, 0) is 0 Å². The van der Waals surface area contributed by atoms with Crippen molar-refractivity contribution in [3.05, 3.63) is 29.3 Å². The predicted molar refractivity (Wildman–Crippen MR) is 74.3 cm³/mol. The summed E-state index contributed by atoms with van der Waals surface area (Å²) in [7, 11) is 2.05. The first-order chi connectivity index (χ1) is 7.54. The van der Waals surface area contributed by atoms with Gasteiger partial charge in [-0.25, -0.2) is 0 Å². The molecule has 90 valence electrons. The highest BCUT2D eigenvalue weighted by Crippen LogP contribution is 2.23. The van der Waals surface area contributed by atoms with Gasteiger partial charge in [-0.15, -0.1) is 11.8 Å². The van der Waals surface area contributed by atoms with E-state index >= 15 is 0 Å². The van der Waals surface area contributed by atoms with Crippen LogP contribution in [0.25, 0.3) is 0 Å². The van der Waals surface area contributed by atoms with Gasteiger partial charge < -0.3 is 5.32 Å². The number of hydrogen-bond acceptors (Lipinski definition) is 2. The van der Waals surface area contributed by atoms with Crippen molar-refractivity contribution < 1.29 is 0 Å². The molecule has 1 aromatic rings. The smallest absolute Gasteiger partial charge is 0.0181 e. The number of nitrogens with one attached hydrogen (secondary N) is 1. The van der Waals surface area contributed by atoms with Gasteiger partial charge in [-0.2, -0.15) is 0 Å². The number of thioether (sulfide) groups is 1. The molecular formula is C14H23NS. The van der Waals surface area contributed by atoms with E-state index in [2.05, 4.69) is 51.2 Å². The maximum atomic E-state index is 3.38. The molecule has 1 nitrogen and oxygen atoms in total. The van der Waals surface area contributed by atoms with E-state index in [4.69, 9.17) is 0 Å². The topological polar surface area (TPSA) is 12.0 Å². The van der Waals surface area contributed by atoms with Crippen molar-refractivity contribution in [1.82, 2.24) is 5.32 Å². The molecule has 1 N–H and O–H groups in total. The van der Waals surface area contributed by atoms with E-state index in [-0.39, 0.29) is 0 Å². The molecule has 0 aliphatic heterocycles. The first-order valence-corrected chi connectivity index (χ1v) is 6.90. The zero-order chi connectivity index (χ0) is 12.1. The van der Waals surface area contributed by atoms with Gasteiger partial charge >= 0.3 is 0 Å². The minimum Gasteiger partial charge on any atom is -0.316 e. The summed E-state index contributed by atoms with van der Waals surface area (Å²) < 4.78 is 0. The van der Waals surface area contributed by atoms with Crippen LogP contribution in [0.4, 0.5) is 0 Å². The zero-order valence-corrected chi connectivity index (χ0v) is 11.8. The summed E-state index contributed by atoms with van der Waals surface area (Å²) >= 11 is 1.94. The molecule has 0 aromatic heterocycles. The Balaban J connectivity index is 2.57. The van der Waals surface area contributed by atoms with Gasteiger partial charge in [0.1, 0.15) is 0 Å². The number of rotatable bonds is 5. The fraction of sp³-hybridized carbons (Fsp3) is 0.571. The fourth-order valence-corrected chi connectivity index (χ4v) is 2.95. The molecular weight excluding hydrogens is 214 g/mol. The lowest BCUT2D eigenvalue weighted by molar-refractivity contribution is 0.465. The Kier molecular flexibility index (Phi) is 5.36. The number of benzene rings is 1. The maximum absolute atomic E-state index is 3.38. The lowest BCUT2D eigenvalue weighted by Gasteiger charge is -2.19. The maximum Gasteiger partial charge on any atom is 0.0181 e. The van der Waals surface area contributed by atoms with Crippen molar-refractivity contribution in [2.75, 3.05) is 12.8 Å². The van der Waals surface area contributed by atoms with Gasteiger partial charge in [-0.1, -0.05) is 19.9 Å². The second kappa shape index (κ2) is 6.31. The zero-order valence-electron chi connectivity index (χ0n) is 11.0. The standard InChI is InChI=1S/C14H23NS/c1-10(2)14(15-5)9-16-13-7-6-11(3)12(4)8-13/h6-8,10,14-15H,9H2,1-5H3. The van der Waals surface area contributed by atoms with E-state index in [9.17, 15) is 0 Å². The van der Waals surface area contributed by atoms with Crippen LogP contribution in [0.5, 0.6) is 0 Å². The monoisotopic (exact) mass is 237 g/mol. The molecule has 16 heavy (non-hydrogen) atoms. The van der Waals surface area contributed by atoms with Crippen molar-refractivity contribution in [2.24, 2.45) is 5.92 Å². The van der Waals surface area contributed by atoms with Crippen LogP contribution in [0, 0.1) is 19.8 Å². The van der Waals surface area contributed by atoms with Gasteiger partial charge in [0.2, 0.25) is 0 Å². The van der Waals surface area contributed by atoms with Crippen LogP contribution in [0.15, 0.2) is 23.1 Å². The van der Waals surface area contributed by atoms with Crippen molar-refractivity contribution in [1.29, 1.82) is 0 Å². The largest absolute Gasteiger partial charge is 0.316 e. The number of aryl methyl sites for hydroxylation is 2. The van der Waals surface area contributed by atoms with E-state index in [0.717, 1.165) is 5.75 Å². The van der Waals surface area contributed by atoms with Crippen molar-refractivity contribution in [3.8, 4) is 0 Å². The second-order valence-corrected chi connectivity index (χ2v) is 5.79. The van der Waals surface area contributed by atoms with Crippen molar-refractivity contribution in [2.45, 2.75) is 38.6 Å². The first-order valence-electron chi connectivity index (χ1n) is 5.92. The van der Waals surface area contributed by atoms with Gasteiger partial charge in [-0.05, 0) is 50.1 Å². The quantitative estimate of drug-likeness (QED) is 0.785.